The Morgan fingerprint density at radius 2 is 0.655 bits per heavy atom. The lowest BCUT2D eigenvalue weighted by Gasteiger charge is -2.49. The van der Waals surface area contributed by atoms with Crippen LogP contribution < -0.4 is 0 Å². The molecular formula is C47H33BrO10. The average molecular weight is 838 g/mol. The summed E-state index contributed by atoms with van der Waals surface area (Å²) in [5.41, 5.74) is -18.8. The highest BCUT2D eigenvalue weighted by molar-refractivity contribution is 9.10. The number of ether oxygens (including phenoxy) is 1. The molecule has 1 heterocycles. The minimum absolute atomic E-state index is 0.275. The number of carbonyl (C=O) groups excluding carboxylic acids is 6. The van der Waals surface area contributed by atoms with Crippen LogP contribution in [0.15, 0.2) is 182 Å². The van der Waals surface area contributed by atoms with Crippen molar-refractivity contribution < 1.29 is 48.8 Å². The molecule has 1 aliphatic rings. The van der Waals surface area contributed by atoms with Crippen molar-refractivity contribution in [2.24, 2.45) is 0 Å². The Balaban J connectivity index is 1.73. The Labute approximate surface area is 340 Å². The summed E-state index contributed by atoms with van der Waals surface area (Å²) < 4.78 is 3.09. The van der Waals surface area contributed by atoms with E-state index in [0.717, 1.165) is 0 Å². The molecule has 3 N–H and O–H groups in total. The molecule has 0 unspecified atom stereocenters. The van der Waals surface area contributed by atoms with Crippen LogP contribution in [0.5, 0.6) is 0 Å². The molecule has 0 spiro atoms. The monoisotopic (exact) mass is 836 g/mol. The lowest BCUT2D eigenvalue weighted by molar-refractivity contribution is -0.164. The number of aliphatic hydroxyl groups is 3. The molecule has 288 valence electrons. The van der Waals surface area contributed by atoms with E-state index >= 15 is 28.8 Å². The number of rotatable bonds is 13. The number of benzene rings is 6. The third-order valence-corrected chi connectivity index (χ3v) is 11.5. The second kappa shape index (κ2) is 15.2. The van der Waals surface area contributed by atoms with Crippen molar-refractivity contribution in [2.75, 3.05) is 0 Å². The lowest BCUT2D eigenvalue weighted by atomic mass is 9.55. The summed E-state index contributed by atoms with van der Waals surface area (Å²) in [6.07, 6.45) is 0. The minimum atomic E-state index is -4.24. The largest absolute Gasteiger partial charge is 0.375 e. The molecule has 0 radical (unpaired) electrons. The molecule has 6 aromatic rings. The van der Waals surface area contributed by atoms with Crippen LogP contribution in [-0.4, -0.2) is 76.9 Å². The van der Waals surface area contributed by atoms with Crippen LogP contribution in [0.2, 0.25) is 0 Å². The molecule has 58 heavy (non-hydrogen) atoms. The first kappa shape index (κ1) is 39.9. The van der Waals surface area contributed by atoms with Gasteiger partial charge < -0.3 is 20.1 Å². The summed E-state index contributed by atoms with van der Waals surface area (Å²) >= 11 is 3.16. The summed E-state index contributed by atoms with van der Waals surface area (Å²) in [5.74, 6) is -9.31. The van der Waals surface area contributed by atoms with Crippen molar-refractivity contribution in [3.8, 4) is 0 Å². The van der Waals surface area contributed by atoms with Gasteiger partial charge >= 0.3 is 0 Å². The van der Waals surface area contributed by atoms with Gasteiger partial charge in [-0.1, -0.05) is 182 Å². The van der Waals surface area contributed by atoms with E-state index in [4.69, 9.17) is 4.74 Å². The smallest absolute Gasteiger partial charge is 0.231 e. The average Bonchev–Trinajstić information content (AvgIpc) is 3.47. The topological polar surface area (TPSA) is 172 Å². The molecule has 6 aromatic carbocycles. The molecule has 0 bridgehead atoms. The van der Waals surface area contributed by atoms with Crippen LogP contribution in [0.4, 0.5) is 0 Å². The molecule has 0 saturated carbocycles. The second-order valence-electron chi connectivity index (χ2n) is 13.7. The van der Waals surface area contributed by atoms with Gasteiger partial charge in [-0.05, 0) is 15.9 Å². The van der Waals surface area contributed by atoms with Crippen molar-refractivity contribution in [3.05, 3.63) is 215 Å². The van der Waals surface area contributed by atoms with E-state index in [1.54, 1.807) is 6.07 Å². The molecule has 1 fully saturated rings. The third kappa shape index (κ3) is 5.70. The zero-order valence-electron chi connectivity index (χ0n) is 30.4. The van der Waals surface area contributed by atoms with E-state index in [2.05, 4.69) is 15.9 Å². The molecule has 0 aromatic heterocycles. The zero-order valence-corrected chi connectivity index (χ0v) is 32.0. The maximum Gasteiger partial charge on any atom is 0.231 e. The number of hydrogen-bond donors (Lipinski definition) is 3. The second-order valence-corrected chi connectivity index (χ2v) is 14.8. The molecule has 7 rings (SSSR count). The number of halogens is 1. The SMILES string of the molecule is O=C(c1ccccc1)C(O)(C(=O)c1ccccc1)[C@@]1(C(=O)c2ccccc2)O[C@@](Br)(C(=O)c2ccccc2)[C@](O)(C(=O)c2ccccc2)[C@@]1(O)C(=O)c1ccccc1. The summed E-state index contributed by atoms with van der Waals surface area (Å²) in [6.45, 7) is 0. The number of alkyl halides is 1. The third-order valence-electron chi connectivity index (χ3n) is 10.4. The first-order chi connectivity index (χ1) is 27.8. The quantitative estimate of drug-likeness (QED) is 0.0678. The molecule has 1 saturated heterocycles. The highest BCUT2D eigenvalue weighted by Gasteiger charge is 2.93. The van der Waals surface area contributed by atoms with Gasteiger partial charge in [0.1, 0.15) is 0 Å². The number of ketones is 6. The summed E-state index contributed by atoms with van der Waals surface area (Å²) in [6, 6.07) is 40.4. The number of carbonyl (C=O) groups is 6. The molecule has 10 nitrogen and oxygen atoms in total. The van der Waals surface area contributed by atoms with Crippen LogP contribution in [0.25, 0.3) is 0 Å². The molecular weight excluding hydrogens is 804 g/mol. The number of hydrogen-bond acceptors (Lipinski definition) is 10. The molecule has 1 aliphatic heterocycles. The molecule has 0 amide bonds. The van der Waals surface area contributed by atoms with Gasteiger partial charge in [0, 0.05) is 33.4 Å². The van der Waals surface area contributed by atoms with Crippen LogP contribution >= 0.6 is 15.9 Å². The molecule has 11 heteroatoms. The van der Waals surface area contributed by atoms with Crippen molar-refractivity contribution in [1.29, 1.82) is 0 Å². The molecule has 4 atom stereocenters. The van der Waals surface area contributed by atoms with Crippen molar-refractivity contribution in [3.63, 3.8) is 0 Å². The minimum Gasteiger partial charge on any atom is -0.375 e. The van der Waals surface area contributed by atoms with Gasteiger partial charge in [0.05, 0.1) is 0 Å². The van der Waals surface area contributed by atoms with E-state index < -0.39 is 89.4 Å². The normalized spacial score (nSPS) is 22.8. The van der Waals surface area contributed by atoms with Crippen molar-refractivity contribution in [1.82, 2.24) is 0 Å². The predicted molar refractivity (Wildman–Crippen MR) is 215 cm³/mol. The Morgan fingerprint density at radius 1 is 0.397 bits per heavy atom. The van der Waals surface area contributed by atoms with Crippen LogP contribution in [0.1, 0.15) is 62.1 Å². The number of Topliss-reactive ketones (excluding diaryl/α,β-unsaturated/α-hetero) is 6. The van der Waals surface area contributed by atoms with Gasteiger partial charge in [-0.15, -0.1) is 0 Å². The van der Waals surface area contributed by atoms with E-state index in [1.165, 1.54) is 176 Å². The molecule has 0 aliphatic carbocycles. The zero-order chi connectivity index (χ0) is 41.3. The summed E-state index contributed by atoms with van der Waals surface area (Å²) in [5, 5.41) is 41.2. The summed E-state index contributed by atoms with van der Waals surface area (Å²) in [7, 11) is 0. The van der Waals surface area contributed by atoms with Crippen LogP contribution in [0.3, 0.4) is 0 Å². The van der Waals surface area contributed by atoms with Gasteiger partial charge in [0.15, 0.2) is 0 Å². The van der Waals surface area contributed by atoms with Gasteiger partial charge in [-0.2, -0.15) is 0 Å². The van der Waals surface area contributed by atoms with E-state index in [-0.39, 0.29) is 5.56 Å². The summed E-state index contributed by atoms with van der Waals surface area (Å²) in [4.78, 5) is 92.7. The fourth-order valence-electron chi connectivity index (χ4n) is 7.59. The van der Waals surface area contributed by atoms with Crippen molar-refractivity contribution in [2.45, 2.75) is 26.9 Å². The Hall–Kier alpha value is -6.34. The first-order valence-electron chi connectivity index (χ1n) is 18.0. The van der Waals surface area contributed by atoms with Gasteiger partial charge in [0.25, 0.3) is 0 Å². The van der Waals surface area contributed by atoms with Crippen LogP contribution in [-0.2, 0) is 4.74 Å². The maximum atomic E-state index is 15.9. The Bertz CT molecular complexity index is 2480. The highest BCUT2D eigenvalue weighted by atomic mass is 79.9. The van der Waals surface area contributed by atoms with Gasteiger partial charge in [-0.25, -0.2) is 0 Å². The standard InChI is InChI=1S/C47H33BrO10/c48-47(42(54)36-29-17-6-18-30-36)45(57,40(52)34-25-13-4-14-26-34)44(56,39(51)33-23-11-3-12-24-33)46(58-47,41(53)35-27-15-5-16-28-35)43(55,37(49)31-19-7-1-8-20-31)38(50)32-21-9-2-10-22-32/h1-30,55-57H/t44-,45-,46+,47-/m0/s1. The van der Waals surface area contributed by atoms with E-state index in [0.29, 0.717) is 0 Å². The van der Waals surface area contributed by atoms with Gasteiger partial charge in [0.2, 0.25) is 61.6 Å². The predicted octanol–water partition coefficient (Wildman–Crippen LogP) is 6.34. The first-order valence-corrected chi connectivity index (χ1v) is 18.7. The van der Waals surface area contributed by atoms with Crippen molar-refractivity contribution >= 4 is 50.6 Å². The fourth-order valence-corrected chi connectivity index (χ4v) is 8.53. The van der Waals surface area contributed by atoms with E-state index in [9.17, 15) is 15.3 Å². The fraction of sp³-hybridized carbons (Fsp3) is 0.106. The van der Waals surface area contributed by atoms with Gasteiger partial charge in [-0.3, -0.25) is 28.8 Å². The van der Waals surface area contributed by atoms with Crippen LogP contribution in [0, 0.1) is 0 Å². The lowest BCUT2D eigenvalue weighted by Crippen LogP contribution is -2.82. The maximum absolute atomic E-state index is 15.9. The Morgan fingerprint density at radius 3 is 0.983 bits per heavy atom. The Kier molecular flexibility index (Phi) is 10.5. The highest BCUT2D eigenvalue weighted by Crippen LogP contribution is 2.63. The van der Waals surface area contributed by atoms with E-state index in [1.807, 2.05) is 0 Å².